The smallest absolute Gasteiger partial charge is 0.312 e. The molecule has 6 atom stereocenters. The molecule has 170 valence electrons. The van der Waals surface area contributed by atoms with Gasteiger partial charge in [-0.3, -0.25) is 9.59 Å². The summed E-state index contributed by atoms with van der Waals surface area (Å²) in [6.45, 7) is 14.3. The zero-order chi connectivity index (χ0) is 21.9. The van der Waals surface area contributed by atoms with E-state index in [0.717, 1.165) is 38.5 Å². The summed E-state index contributed by atoms with van der Waals surface area (Å²) in [4.78, 5) is 25.8. The Bertz CT molecular complexity index is 650. The normalized spacial score (nSPS) is 42.5. The molecule has 0 heterocycles. The molecule has 0 N–H and O–H groups in total. The molecule has 4 aliphatic rings. The van der Waals surface area contributed by atoms with Gasteiger partial charge in [0, 0.05) is 0 Å². The summed E-state index contributed by atoms with van der Waals surface area (Å²) in [5.41, 5.74) is -0.343. The average molecular weight is 419 g/mol. The quantitative estimate of drug-likeness (QED) is 0.388. The second-order valence-electron chi connectivity index (χ2n) is 12.2. The molecule has 0 saturated heterocycles. The molecule has 0 aromatic carbocycles. The minimum absolute atomic E-state index is 0.0127. The van der Waals surface area contributed by atoms with Crippen LogP contribution in [0.1, 0.15) is 92.9 Å². The summed E-state index contributed by atoms with van der Waals surface area (Å²) in [5, 5.41) is 0. The van der Waals surface area contributed by atoms with Gasteiger partial charge in [-0.25, -0.2) is 0 Å². The minimum Gasteiger partial charge on any atom is -0.465 e. The lowest BCUT2D eigenvalue weighted by Crippen LogP contribution is -2.30. The van der Waals surface area contributed by atoms with Gasteiger partial charge in [0.1, 0.15) is 0 Å². The highest BCUT2D eigenvalue weighted by Gasteiger charge is 2.77. The maximum Gasteiger partial charge on any atom is 0.312 e. The molecule has 4 fully saturated rings. The number of esters is 2. The Kier molecular flexibility index (Phi) is 5.34. The van der Waals surface area contributed by atoms with Gasteiger partial charge in [0.05, 0.1) is 24.0 Å². The van der Waals surface area contributed by atoms with E-state index in [1.165, 1.54) is 12.8 Å². The van der Waals surface area contributed by atoms with Crippen LogP contribution in [0.3, 0.4) is 0 Å². The second-order valence-corrected chi connectivity index (χ2v) is 12.2. The number of hydrogen-bond acceptors (Lipinski definition) is 4. The predicted octanol–water partition coefficient (Wildman–Crippen LogP) is 5.78. The van der Waals surface area contributed by atoms with Gasteiger partial charge in [0.2, 0.25) is 0 Å². The molecule has 0 radical (unpaired) electrons. The number of ether oxygens (including phenoxy) is 2. The van der Waals surface area contributed by atoms with E-state index in [1.54, 1.807) is 0 Å². The SMILES string of the molecule is CC1CCC2C(C)(C)C2(C(=O)OCCCCOC(=O)C23CC(C)CCC2C3(C)C)C1. The Labute approximate surface area is 182 Å². The van der Waals surface area contributed by atoms with E-state index >= 15 is 0 Å². The molecule has 6 unspecified atom stereocenters. The van der Waals surface area contributed by atoms with Crippen molar-refractivity contribution >= 4 is 11.9 Å². The topological polar surface area (TPSA) is 52.6 Å². The lowest BCUT2D eigenvalue weighted by molar-refractivity contribution is -0.156. The molecule has 0 aromatic heterocycles. The van der Waals surface area contributed by atoms with Crippen molar-refractivity contribution in [3.05, 3.63) is 0 Å². The monoisotopic (exact) mass is 418 g/mol. The third-order valence-corrected chi connectivity index (χ3v) is 10.0. The molecule has 4 saturated carbocycles. The maximum atomic E-state index is 12.9. The third-order valence-electron chi connectivity index (χ3n) is 10.0. The van der Waals surface area contributed by atoms with Crippen LogP contribution in [-0.2, 0) is 19.1 Å². The van der Waals surface area contributed by atoms with Crippen molar-refractivity contribution in [1.29, 1.82) is 0 Å². The van der Waals surface area contributed by atoms with Crippen molar-refractivity contribution in [3.63, 3.8) is 0 Å². The van der Waals surface area contributed by atoms with Gasteiger partial charge < -0.3 is 9.47 Å². The van der Waals surface area contributed by atoms with E-state index in [0.29, 0.717) is 36.9 Å². The van der Waals surface area contributed by atoms with E-state index in [9.17, 15) is 9.59 Å². The van der Waals surface area contributed by atoms with Crippen molar-refractivity contribution in [2.75, 3.05) is 13.2 Å². The van der Waals surface area contributed by atoms with E-state index in [-0.39, 0.29) is 33.6 Å². The molecule has 4 nitrogen and oxygen atoms in total. The first-order valence-corrected chi connectivity index (χ1v) is 12.4. The first-order chi connectivity index (χ1) is 14.0. The molecule has 0 bridgehead atoms. The van der Waals surface area contributed by atoms with Crippen LogP contribution < -0.4 is 0 Å². The first-order valence-electron chi connectivity index (χ1n) is 12.4. The van der Waals surface area contributed by atoms with Crippen LogP contribution >= 0.6 is 0 Å². The fraction of sp³-hybridized carbons (Fsp3) is 0.923. The summed E-state index contributed by atoms with van der Waals surface area (Å²) in [6.07, 6.45) is 8.21. The summed E-state index contributed by atoms with van der Waals surface area (Å²) < 4.78 is 11.5. The number of carbonyl (C=O) groups is 2. The average Bonchev–Trinajstić information content (AvgIpc) is 3.40. The Morgan fingerprint density at radius 1 is 0.700 bits per heavy atom. The van der Waals surface area contributed by atoms with Gasteiger partial charge in [-0.2, -0.15) is 0 Å². The van der Waals surface area contributed by atoms with Gasteiger partial charge in [-0.05, 0) is 73.0 Å². The van der Waals surface area contributed by atoms with Crippen molar-refractivity contribution in [1.82, 2.24) is 0 Å². The molecular formula is C26H42O4. The maximum absolute atomic E-state index is 12.9. The van der Waals surface area contributed by atoms with E-state index < -0.39 is 0 Å². The van der Waals surface area contributed by atoms with Crippen LogP contribution in [-0.4, -0.2) is 25.2 Å². The van der Waals surface area contributed by atoms with Crippen molar-refractivity contribution < 1.29 is 19.1 Å². The van der Waals surface area contributed by atoms with Crippen molar-refractivity contribution in [2.45, 2.75) is 92.9 Å². The lowest BCUT2D eigenvalue weighted by Gasteiger charge is -2.26. The minimum atomic E-state index is -0.249. The van der Waals surface area contributed by atoms with E-state index in [2.05, 4.69) is 41.5 Å². The molecular weight excluding hydrogens is 376 g/mol. The predicted molar refractivity (Wildman–Crippen MR) is 117 cm³/mol. The fourth-order valence-electron chi connectivity index (χ4n) is 7.93. The zero-order valence-electron chi connectivity index (χ0n) is 20.0. The highest BCUT2D eigenvalue weighted by molar-refractivity contribution is 5.83. The van der Waals surface area contributed by atoms with Gasteiger partial charge in [0.15, 0.2) is 0 Å². The Morgan fingerprint density at radius 2 is 1.07 bits per heavy atom. The Balaban J connectivity index is 1.19. The largest absolute Gasteiger partial charge is 0.465 e. The Hall–Kier alpha value is -1.06. The highest BCUT2D eigenvalue weighted by Crippen LogP contribution is 2.76. The van der Waals surface area contributed by atoms with Gasteiger partial charge in [-0.1, -0.05) is 54.4 Å². The molecule has 0 aliphatic heterocycles. The number of fused-ring (bicyclic) bond motifs is 2. The van der Waals surface area contributed by atoms with Crippen LogP contribution in [0.15, 0.2) is 0 Å². The van der Waals surface area contributed by atoms with Crippen LogP contribution in [0.5, 0.6) is 0 Å². The van der Waals surface area contributed by atoms with Crippen LogP contribution in [0.25, 0.3) is 0 Å². The third kappa shape index (κ3) is 2.98. The second kappa shape index (κ2) is 7.24. The highest BCUT2D eigenvalue weighted by atomic mass is 16.5. The number of carbonyl (C=O) groups excluding carboxylic acids is 2. The first kappa shape index (κ1) is 22.1. The summed E-state index contributed by atoms with van der Waals surface area (Å²) >= 11 is 0. The zero-order valence-corrected chi connectivity index (χ0v) is 20.0. The van der Waals surface area contributed by atoms with Gasteiger partial charge >= 0.3 is 11.9 Å². The molecule has 4 rings (SSSR count). The fourth-order valence-corrected chi connectivity index (χ4v) is 7.93. The Morgan fingerprint density at radius 3 is 1.43 bits per heavy atom. The van der Waals surface area contributed by atoms with Crippen LogP contribution in [0.4, 0.5) is 0 Å². The van der Waals surface area contributed by atoms with E-state index in [4.69, 9.17) is 9.47 Å². The van der Waals surface area contributed by atoms with Crippen molar-refractivity contribution in [3.8, 4) is 0 Å². The number of hydrogen-bond donors (Lipinski definition) is 0. The van der Waals surface area contributed by atoms with Gasteiger partial charge in [-0.15, -0.1) is 0 Å². The molecule has 4 aliphatic carbocycles. The lowest BCUT2D eigenvalue weighted by atomic mass is 9.80. The van der Waals surface area contributed by atoms with Crippen LogP contribution in [0.2, 0.25) is 0 Å². The van der Waals surface area contributed by atoms with E-state index in [1.807, 2.05) is 0 Å². The molecule has 0 amide bonds. The van der Waals surface area contributed by atoms with Crippen molar-refractivity contribution in [2.24, 2.45) is 45.3 Å². The summed E-state index contributed by atoms with van der Waals surface area (Å²) in [6, 6.07) is 0. The molecule has 0 spiro atoms. The molecule has 30 heavy (non-hydrogen) atoms. The summed E-state index contributed by atoms with van der Waals surface area (Å²) in [5.74, 6) is 2.21. The standard InChI is InChI=1S/C26H42O4/c1-17-9-11-19-23(3,4)25(19,15-17)21(27)29-13-7-8-14-30-22(28)26-16-18(2)10-12-20(26)24(26,5)6/h17-20H,7-16H2,1-6H3. The number of unbranched alkanes of at least 4 members (excludes halogenated alkanes) is 1. The van der Waals surface area contributed by atoms with Crippen LogP contribution in [0, 0.1) is 45.3 Å². The molecule has 0 aromatic rings. The number of rotatable bonds is 7. The molecule has 4 heteroatoms. The summed E-state index contributed by atoms with van der Waals surface area (Å²) in [7, 11) is 0. The van der Waals surface area contributed by atoms with Gasteiger partial charge in [0.25, 0.3) is 0 Å².